The lowest BCUT2D eigenvalue weighted by atomic mass is 10.0. The number of nitrogens with two attached hydrogens (primary N) is 1. The first-order valence-corrected chi connectivity index (χ1v) is 12.2. The van der Waals surface area contributed by atoms with Crippen molar-refractivity contribution in [2.45, 2.75) is 51.8 Å². The minimum Gasteiger partial charge on any atom is -0.489 e. The summed E-state index contributed by atoms with van der Waals surface area (Å²) < 4.78 is 5.89. The molecule has 0 bridgehead atoms. The number of ether oxygens (including phenoxy) is 1. The molecule has 2 amide bonds. The number of carbonyl (C=O) groups excluding carboxylic acids is 2. The molecule has 0 aliphatic carbocycles. The van der Waals surface area contributed by atoms with Crippen molar-refractivity contribution in [3.05, 3.63) is 101 Å². The van der Waals surface area contributed by atoms with Gasteiger partial charge in [0.15, 0.2) is 0 Å². The molecule has 184 valence electrons. The van der Waals surface area contributed by atoms with Crippen LogP contribution >= 0.6 is 0 Å². The molecular formula is C29H35N3O3. The summed E-state index contributed by atoms with van der Waals surface area (Å²) in [6, 6.07) is 24.2. The van der Waals surface area contributed by atoms with E-state index in [0.717, 1.165) is 41.8 Å². The van der Waals surface area contributed by atoms with E-state index in [2.05, 4.69) is 17.6 Å². The lowest BCUT2D eigenvalue weighted by molar-refractivity contribution is -0.123. The third kappa shape index (κ3) is 8.58. The number of hydrogen-bond donors (Lipinski definition) is 3. The van der Waals surface area contributed by atoms with Crippen LogP contribution in [0.25, 0.3) is 0 Å². The van der Waals surface area contributed by atoms with Crippen molar-refractivity contribution in [2.75, 3.05) is 6.54 Å². The summed E-state index contributed by atoms with van der Waals surface area (Å²) in [6.07, 6.45) is 4.51. The maximum atomic E-state index is 13.1. The van der Waals surface area contributed by atoms with Crippen LogP contribution in [0.5, 0.6) is 5.75 Å². The van der Waals surface area contributed by atoms with Gasteiger partial charge in [-0.2, -0.15) is 0 Å². The van der Waals surface area contributed by atoms with E-state index in [-0.39, 0.29) is 5.91 Å². The van der Waals surface area contributed by atoms with Crippen molar-refractivity contribution in [1.82, 2.24) is 10.6 Å². The normalized spacial score (nSPS) is 11.6. The second-order valence-electron chi connectivity index (χ2n) is 8.57. The van der Waals surface area contributed by atoms with Gasteiger partial charge < -0.3 is 21.1 Å². The molecule has 0 aromatic heterocycles. The summed E-state index contributed by atoms with van der Waals surface area (Å²) in [5, 5.41) is 6.43. The van der Waals surface area contributed by atoms with Gasteiger partial charge in [0.25, 0.3) is 0 Å². The second kappa shape index (κ2) is 13.9. The zero-order chi connectivity index (χ0) is 24.9. The summed E-state index contributed by atoms with van der Waals surface area (Å²) in [4.78, 5) is 24.4. The Hall–Kier alpha value is -3.64. The molecule has 0 fully saturated rings. The Morgan fingerprint density at radius 2 is 1.57 bits per heavy atom. The van der Waals surface area contributed by atoms with Gasteiger partial charge in [0.1, 0.15) is 18.4 Å². The lowest BCUT2D eigenvalue weighted by Gasteiger charge is -2.19. The van der Waals surface area contributed by atoms with Crippen LogP contribution in [0, 0.1) is 0 Å². The molecule has 3 aromatic rings. The summed E-state index contributed by atoms with van der Waals surface area (Å²) in [6.45, 7) is 3.80. The SMILES string of the molecule is CCCCCCN[C@H](C(=O)NCc1ccc(C(N)=O)cc1)c1ccc(OCc2ccccc2)cc1. The van der Waals surface area contributed by atoms with Crippen LogP contribution in [0.1, 0.15) is 65.7 Å². The first kappa shape index (κ1) is 26.0. The lowest BCUT2D eigenvalue weighted by Crippen LogP contribution is -2.37. The fourth-order valence-corrected chi connectivity index (χ4v) is 3.74. The second-order valence-corrected chi connectivity index (χ2v) is 8.57. The van der Waals surface area contributed by atoms with Gasteiger partial charge in [-0.3, -0.25) is 9.59 Å². The van der Waals surface area contributed by atoms with Crippen LogP contribution in [0.2, 0.25) is 0 Å². The number of amides is 2. The molecule has 0 unspecified atom stereocenters. The van der Waals surface area contributed by atoms with Crippen LogP contribution in [0.15, 0.2) is 78.9 Å². The highest BCUT2D eigenvalue weighted by molar-refractivity contribution is 5.92. The third-order valence-electron chi connectivity index (χ3n) is 5.81. The van der Waals surface area contributed by atoms with Crippen molar-refractivity contribution >= 4 is 11.8 Å². The minimum atomic E-state index is -0.468. The maximum Gasteiger partial charge on any atom is 0.248 e. The Balaban J connectivity index is 1.62. The number of benzene rings is 3. The van der Waals surface area contributed by atoms with Gasteiger partial charge in [0.2, 0.25) is 11.8 Å². The topological polar surface area (TPSA) is 93.5 Å². The van der Waals surface area contributed by atoms with E-state index < -0.39 is 11.9 Å². The molecule has 0 radical (unpaired) electrons. The molecule has 0 aliphatic rings. The van der Waals surface area contributed by atoms with E-state index in [4.69, 9.17) is 10.5 Å². The van der Waals surface area contributed by atoms with E-state index in [1.807, 2.05) is 54.6 Å². The Morgan fingerprint density at radius 1 is 0.857 bits per heavy atom. The van der Waals surface area contributed by atoms with Crippen LogP contribution < -0.4 is 21.1 Å². The largest absolute Gasteiger partial charge is 0.489 e. The first-order chi connectivity index (χ1) is 17.1. The first-order valence-electron chi connectivity index (χ1n) is 12.2. The molecule has 0 spiro atoms. The van der Waals surface area contributed by atoms with Crippen LogP contribution in [-0.4, -0.2) is 18.4 Å². The molecule has 3 rings (SSSR count). The summed E-state index contributed by atoms with van der Waals surface area (Å²) in [7, 11) is 0. The molecule has 35 heavy (non-hydrogen) atoms. The molecule has 0 aliphatic heterocycles. The van der Waals surface area contributed by atoms with Gasteiger partial charge in [0.05, 0.1) is 0 Å². The zero-order valence-electron chi connectivity index (χ0n) is 20.3. The highest BCUT2D eigenvalue weighted by Crippen LogP contribution is 2.20. The highest BCUT2D eigenvalue weighted by atomic mass is 16.5. The highest BCUT2D eigenvalue weighted by Gasteiger charge is 2.20. The quantitative estimate of drug-likeness (QED) is 0.291. The third-order valence-corrected chi connectivity index (χ3v) is 5.81. The Bertz CT molecular complexity index is 1050. The van der Waals surface area contributed by atoms with Crippen molar-refractivity contribution in [2.24, 2.45) is 5.73 Å². The monoisotopic (exact) mass is 473 g/mol. The van der Waals surface area contributed by atoms with E-state index in [0.29, 0.717) is 18.7 Å². The van der Waals surface area contributed by atoms with E-state index >= 15 is 0 Å². The standard InChI is InChI=1S/C29H35N3O3/c1-2-3-4-8-19-31-27(29(34)32-20-22-11-13-25(14-12-22)28(30)33)24-15-17-26(18-16-24)35-21-23-9-6-5-7-10-23/h5-7,9-18,27,31H,2-4,8,19-21H2,1H3,(H2,30,33)(H,32,34)/t27-/m0/s1. The number of rotatable bonds is 14. The van der Waals surface area contributed by atoms with Crippen molar-refractivity contribution in [3.63, 3.8) is 0 Å². The van der Waals surface area contributed by atoms with Crippen LogP contribution in [0.3, 0.4) is 0 Å². The zero-order valence-corrected chi connectivity index (χ0v) is 20.3. The Kier molecular flexibility index (Phi) is 10.3. The predicted octanol–water partition coefficient (Wildman–Crippen LogP) is 4.89. The van der Waals surface area contributed by atoms with Gasteiger partial charge in [-0.1, -0.05) is 80.8 Å². The van der Waals surface area contributed by atoms with Crippen LogP contribution in [-0.2, 0) is 17.9 Å². The van der Waals surface area contributed by atoms with E-state index in [1.54, 1.807) is 24.3 Å². The smallest absolute Gasteiger partial charge is 0.248 e. The van der Waals surface area contributed by atoms with Crippen LogP contribution in [0.4, 0.5) is 0 Å². The molecule has 3 aromatic carbocycles. The molecule has 1 atom stereocenters. The molecule has 6 heteroatoms. The average Bonchev–Trinajstić information content (AvgIpc) is 2.89. The van der Waals surface area contributed by atoms with Crippen molar-refractivity contribution in [3.8, 4) is 5.75 Å². The predicted molar refractivity (Wildman–Crippen MR) is 139 cm³/mol. The fraction of sp³-hybridized carbons (Fsp3) is 0.310. The Morgan fingerprint density at radius 3 is 2.23 bits per heavy atom. The number of hydrogen-bond acceptors (Lipinski definition) is 4. The molecule has 4 N–H and O–H groups in total. The van der Waals surface area contributed by atoms with Gasteiger partial charge >= 0.3 is 0 Å². The van der Waals surface area contributed by atoms with E-state index in [1.165, 1.54) is 12.8 Å². The molecule has 0 heterocycles. The van der Waals surface area contributed by atoms with Crippen molar-refractivity contribution in [1.29, 1.82) is 0 Å². The maximum absolute atomic E-state index is 13.1. The van der Waals surface area contributed by atoms with Gasteiger partial charge in [-0.05, 0) is 53.9 Å². The summed E-state index contributed by atoms with van der Waals surface area (Å²) in [5.41, 5.74) is 8.63. The van der Waals surface area contributed by atoms with Gasteiger partial charge in [0, 0.05) is 12.1 Å². The molecule has 0 saturated heterocycles. The van der Waals surface area contributed by atoms with Gasteiger partial charge in [-0.25, -0.2) is 0 Å². The number of unbranched alkanes of at least 4 members (excludes halogenated alkanes) is 3. The number of nitrogens with one attached hydrogen (secondary N) is 2. The van der Waals surface area contributed by atoms with E-state index in [9.17, 15) is 9.59 Å². The van der Waals surface area contributed by atoms with Gasteiger partial charge in [-0.15, -0.1) is 0 Å². The minimum absolute atomic E-state index is 0.0996. The summed E-state index contributed by atoms with van der Waals surface area (Å²) in [5.74, 6) is 0.191. The Labute approximate surface area is 207 Å². The number of carbonyl (C=O) groups is 2. The fourth-order valence-electron chi connectivity index (χ4n) is 3.74. The molecular weight excluding hydrogens is 438 g/mol. The number of primary amides is 1. The molecule has 0 saturated carbocycles. The molecule has 6 nitrogen and oxygen atoms in total. The average molecular weight is 474 g/mol. The van der Waals surface area contributed by atoms with Crippen molar-refractivity contribution < 1.29 is 14.3 Å². The summed E-state index contributed by atoms with van der Waals surface area (Å²) >= 11 is 0.